The number of aryl methyl sites for hydroxylation is 2. The predicted octanol–water partition coefficient (Wildman–Crippen LogP) is 4.08. The molecule has 0 spiro atoms. The van der Waals surface area contributed by atoms with Crippen LogP contribution in [0.1, 0.15) is 18.2 Å². The van der Waals surface area contributed by atoms with Crippen LogP contribution in [0.15, 0.2) is 53.4 Å². The van der Waals surface area contributed by atoms with Crippen molar-refractivity contribution in [2.75, 3.05) is 0 Å². The van der Waals surface area contributed by atoms with E-state index in [9.17, 15) is 4.39 Å². The topological polar surface area (TPSA) is 56.5 Å². The summed E-state index contributed by atoms with van der Waals surface area (Å²) in [5, 5.41) is 9.38. The van der Waals surface area contributed by atoms with Crippen molar-refractivity contribution in [3.05, 3.63) is 60.3 Å². The Morgan fingerprint density at radius 1 is 1.24 bits per heavy atom. The van der Waals surface area contributed by atoms with Crippen LogP contribution in [0, 0.1) is 12.7 Å². The molecule has 0 atom stereocenters. The van der Waals surface area contributed by atoms with E-state index in [1.807, 2.05) is 42.7 Å². The zero-order valence-electron chi connectivity index (χ0n) is 14.1. The number of rotatable bonds is 6. The van der Waals surface area contributed by atoms with Crippen molar-refractivity contribution in [3.63, 3.8) is 0 Å². The van der Waals surface area contributed by atoms with Gasteiger partial charge in [0.15, 0.2) is 16.8 Å². The number of halogens is 1. The lowest BCUT2D eigenvalue weighted by atomic mass is 10.1. The van der Waals surface area contributed by atoms with Crippen molar-refractivity contribution in [1.29, 1.82) is 0 Å². The first-order valence-corrected chi connectivity index (χ1v) is 8.74. The summed E-state index contributed by atoms with van der Waals surface area (Å²) in [7, 11) is 0. The normalized spacial score (nSPS) is 10.8. The van der Waals surface area contributed by atoms with Gasteiger partial charge in [0.05, 0.1) is 5.69 Å². The van der Waals surface area contributed by atoms with Crippen LogP contribution in [0.25, 0.3) is 11.4 Å². The second-order valence-electron chi connectivity index (χ2n) is 5.42. The molecule has 0 bridgehead atoms. The summed E-state index contributed by atoms with van der Waals surface area (Å²) >= 11 is 1.15. The lowest BCUT2D eigenvalue weighted by Crippen LogP contribution is -2.03. The molecule has 0 aliphatic carbocycles. The Morgan fingerprint density at radius 3 is 2.76 bits per heavy atom. The van der Waals surface area contributed by atoms with Gasteiger partial charge in [0.25, 0.3) is 0 Å². The molecule has 1 aromatic carbocycles. The molecule has 0 saturated heterocycles. The highest BCUT2D eigenvalue weighted by molar-refractivity contribution is 7.99. The van der Waals surface area contributed by atoms with Gasteiger partial charge in [-0.2, -0.15) is 0 Å². The molecule has 0 radical (unpaired) electrons. The maximum atomic E-state index is 14.4. The molecule has 0 amide bonds. The Hall–Kier alpha value is -2.54. The summed E-state index contributed by atoms with van der Waals surface area (Å²) < 4.78 is 16.4. The van der Waals surface area contributed by atoms with Gasteiger partial charge in [-0.25, -0.2) is 14.4 Å². The highest BCUT2D eigenvalue weighted by atomic mass is 32.2. The maximum Gasteiger partial charge on any atom is 0.198 e. The van der Waals surface area contributed by atoms with E-state index in [4.69, 9.17) is 0 Å². The van der Waals surface area contributed by atoms with Crippen molar-refractivity contribution in [1.82, 2.24) is 24.7 Å². The molecule has 0 unspecified atom stereocenters. The second-order valence-corrected chi connectivity index (χ2v) is 6.37. The van der Waals surface area contributed by atoms with Gasteiger partial charge >= 0.3 is 0 Å². The molecule has 2 aromatic heterocycles. The molecule has 0 fully saturated rings. The number of hydrogen-bond acceptors (Lipinski definition) is 5. The van der Waals surface area contributed by atoms with Crippen LogP contribution in [0.2, 0.25) is 0 Å². The van der Waals surface area contributed by atoms with E-state index in [-0.39, 0.29) is 5.03 Å². The summed E-state index contributed by atoms with van der Waals surface area (Å²) in [5.41, 5.74) is 2.48. The van der Waals surface area contributed by atoms with E-state index in [1.54, 1.807) is 6.08 Å². The smallest absolute Gasteiger partial charge is 0.198 e. The number of aromatic nitrogens is 5. The first-order chi connectivity index (χ1) is 12.2. The van der Waals surface area contributed by atoms with Crippen LogP contribution < -0.4 is 0 Å². The second kappa shape index (κ2) is 7.57. The molecule has 25 heavy (non-hydrogen) atoms. The number of benzene rings is 1. The maximum absolute atomic E-state index is 14.4. The standard InChI is InChI=1S/C18H18FN5S/c1-4-10-24-16(13-9-7-6-8-12(13)3)22-23-18(24)25-17-15(19)14(5-2)20-11-21-17/h4,6-9,11H,1,5,10H2,2-3H3. The number of nitrogens with zero attached hydrogens (tertiary/aromatic N) is 5. The van der Waals surface area contributed by atoms with Crippen LogP contribution in [0.4, 0.5) is 4.39 Å². The number of hydrogen-bond donors (Lipinski definition) is 0. The zero-order valence-corrected chi connectivity index (χ0v) is 14.9. The summed E-state index contributed by atoms with van der Waals surface area (Å²) in [5.74, 6) is 0.325. The van der Waals surface area contributed by atoms with Gasteiger partial charge in [0.1, 0.15) is 11.4 Å². The fourth-order valence-electron chi connectivity index (χ4n) is 2.47. The Kier molecular flexibility index (Phi) is 5.23. The van der Waals surface area contributed by atoms with E-state index >= 15 is 0 Å². The highest BCUT2D eigenvalue weighted by Crippen LogP contribution is 2.31. The molecule has 0 aliphatic rings. The fraction of sp³-hybridized carbons (Fsp3) is 0.222. The summed E-state index contributed by atoms with van der Waals surface area (Å²) in [6.45, 7) is 8.20. The molecule has 5 nitrogen and oxygen atoms in total. The van der Waals surface area contributed by atoms with E-state index < -0.39 is 5.82 Å². The molecular weight excluding hydrogens is 337 g/mol. The average molecular weight is 355 g/mol. The van der Waals surface area contributed by atoms with Gasteiger partial charge in [-0.1, -0.05) is 37.3 Å². The SMILES string of the molecule is C=CCn1c(Sc2ncnc(CC)c2F)nnc1-c1ccccc1C. The van der Waals surface area contributed by atoms with E-state index in [0.29, 0.717) is 23.8 Å². The Morgan fingerprint density at radius 2 is 2.04 bits per heavy atom. The fourth-order valence-corrected chi connectivity index (χ4v) is 3.31. The van der Waals surface area contributed by atoms with E-state index in [1.165, 1.54) is 6.33 Å². The molecule has 7 heteroatoms. The van der Waals surface area contributed by atoms with E-state index in [2.05, 4.69) is 26.7 Å². The van der Waals surface area contributed by atoms with Crippen LogP contribution in [-0.2, 0) is 13.0 Å². The molecule has 3 rings (SSSR count). The van der Waals surface area contributed by atoms with Crippen molar-refractivity contribution >= 4 is 11.8 Å². The molecule has 0 N–H and O–H groups in total. The van der Waals surface area contributed by atoms with Crippen molar-refractivity contribution in [2.45, 2.75) is 37.0 Å². The Balaban J connectivity index is 2.04. The third-order valence-electron chi connectivity index (χ3n) is 3.77. The summed E-state index contributed by atoms with van der Waals surface area (Å²) in [6.07, 6.45) is 3.65. The minimum absolute atomic E-state index is 0.251. The highest BCUT2D eigenvalue weighted by Gasteiger charge is 2.19. The Labute approximate surface area is 150 Å². The molecule has 0 aliphatic heterocycles. The third kappa shape index (κ3) is 3.46. The van der Waals surface area contributed by atoms with Gasteiger partial charge in [0.2, 0.25) is 0 Å². The zero-order chi connectivity index (χ0) is 17.8. The van der Waals surface area contributed by atoms with Gasteiger partial charge in [-0.15, -0.1) is 16.8 Å². The molecule has 0 saturated carbocycles. The predicted molar refractivity (Wildman–Crippen MR) is 95.9 cm³/mol. The van der Waals surface area contributed by atoms with Gasteiger partial charge in [-0.05, 0) is 30.7 Å². The Bertz CT molecular complexity index is 906. The monoisotopic (exact) mass is 355 g/mol. The van der Waals surface area contributed by atoms with Crippen molar-refractivity contribution in [2.24, 2.45) is 0 Å². The first-order valence-electron chi connectivity index (χ1n) is 7.93. The van der Waals surface area contributed by atoms with Crippen molar-refractivity contribution < 1.29 is 4.39 Å². The molecule has 3 aromatic rings. The summed E-state index contributed by atoms with van der Waals surface area (Å²) in [4.78, 5) is 8.02. The third-order valence-corrected chi connectivity index (χ3v) is 4.73. The average Bonchev–Trinajstić information content (AvgIpc) is 3.00. The van der Waals surface area contributed by atoms with Crippen LogP contribution in [0.3, 0.4) is 0 Å². The number of allylic oxidation sites excluding steroid dienone is 1. The summed E-state index contributed by atoms with van der Waals surface area (Å²) in [6, 6.07) is 7.95. The largest absolute Gasteiger partial charge is 0.298 e. The molecular formula is C18H18FN5S. The van der Waals surface area contributed by atoms with Gasteiger partial charge < -0.3 is 0 Å². The quantitative estimate of drug-likeness (QED) is 0.492. The minimum Gasteiger partial charge on any atom is -0.298 e. The molecule has 2 heterocycles. The van der Waals surface area contributed by atoms with Gasteiger partial charge in [-0.3, -0.25) is 4.57 Å². The molecule has 128 valence electrons. The van der Waals surface area contributed by atoms with E-state index in [0.717, 1.165) is 28.7 Å². The van der Waals surface area contributed by atoms with Crippen LogP contribution >= 0.6 is 11.8 Å². The first kappa shape index (κ1) is 17.3. The lowest BCUT2D eigenvalue weighted by Gasteiger charge is -2.09. The minimum atomic E-state index is -0.402. The van der Waals surface area contributed by atoms with Gasteiger partial charge in [0, 0.05) is 12.1 Å². The van der Waals surface area contributed by atoms with Crippen molar-refractivity contribution in [3.8, 4) is 11.4 Å². The lowest BCUT2D eigenvalue weighted by molar-refractivity contribution is 0.558. The van der Waals surface area contributed by atoms with Crippen LogP contribution in [-0.4, -0.2) is 24.7 Å². The van der Waals surface area contributed by atoms with Crippen LogP contribution in [0.5, 0.6) is 0 Å².